The summed E-state index contributed by atoms with van der Waals surface area (Å²) >= 11 is 6.20. The Morgan fingerprint density at radius 1 is 0.870 bits per heavy atom. The summed E-state index contributed by atoms with van der Waals surface area (Å²) in [6.07, 6.45) is 0. The molecule has 0 bridgehead atoms. The molecule has 0 saturated heterocycles. The first-order valence-corrected chi connectivity index (χ1v) is 7.62. The molecule has 0 unspecified atom stereocenters. The van der Waals surface area contributed by atoms with Gasteiger partial charge in [-0.1, -0.05) is 31.9 Å². The van der Waals surface area contributed by atoms with Crippen LogP contribution in [0.4, 0.5) is 0 Å². The van der Waals surface area contributed by atoms with Crippen molar-refractivity contribution < 1.29 is 29.6 Å². The summed E-state index contributed by atoms with van der Waals surface area (Å²) in [5.41, 5.74) is 0.390. The lowest BCUT2D eigenvalue weighted by molar-refractivity contribution is 0.0599. The van der Waals surface area contributed by atoms with E-state index in [1.165, 1.54) is 37.4 Å². The molecular formula is C15H12Br2O6. The van der Waals surface area contributed by atoms with Crippen LogP contribution < -0.4 is 0 Å². The van der Waals surface area contributed by atoms with Crippen LogP contribution in [0.15, 0.2) is 45.3 Å². The van der Waals surface area contributed by atoms with Crippen LogP contribution in [0.5, 0.6) is 11.5 Å². The van der Waals surface area contributed by atoms with Gasteiger partial charge in [0.1, 0.15) is 11.5 Å². The average molecular weight is 448 g/mol. The minimum absolute atomic E-state index is 0.0322. The number of carbonyl (C=O) groups is 2. The van der Waals surface area contributed by atoms with E-state index in [4.69, 9.17) is 15.3 Å². The van der Waals surface area contributed by atoms with Crippen LogP contribution in [0.25, 0.3) is 0 Å². The van der Waals surface area contributed by atoms with E-state index in [1.807, 2.05) is 0 Å². The van der Waals surface area contributed by atoms with E-state index in [1.54, 1.807) is 6.07 Å². The molecule has 3 N–H and O–H groups in total. The Kier molecular flexibility index (Phi) is 7.05. The van der Waals surface area contributed by atoms with Crippen LogP contribution in [0, 0.1) is 0 Å². The van der Waals surface area contributed by atoms with Crippen LogP contribution in [-0.4, -0.2) is 34.4 Å². The van der Waals surface area contributed by atoms with Crippen LogP contribution >= 0.6 is 31.9 Å². The van der Waals surface area contributed by atoms with Gasteiger partial charge in [0.15, 0.2) is 0 Å². The fourth-order valence-electron chi connectivity index (χ4n) is 1.51. The molecule has 0 aliphatic heterocycles. The lowest BCUT2D eigenvalue weighted by Crippen LogP contribution is -2.00. The molecule has 23 heavy (non-hydrogen) atoms. The van der Waals surface area contributed by atoms with Crippen molar-refractivity contribution in [1.29, 1.82) is 0 Å². The summed E-state index contributed by atoms with van der Waals surface area (Å²) < 4.78 is 5.67. The Balaban J connectivity index is 0.000000231. The first-order chi connectivity index (χ1) is 10.7. The number of esters is 1. The van der Waals surface area contributed by atoms with E-state index in [2.05, 4.69) is 36.6 Å². The fraction of sp³-hybridized carbons (Fsp3) is 0.0667. The minimum atomic E-state index is -1.05. The number of hydrogen-bond acceptors (Lipinski definition) is 5. The van der Waals surface area contributed by atoms with Gasteiger partial charge in [-0.25, -0.2) is 9.59 Å². The molecule has 2 aromatic carbocycles. The topological polar surface area (TPSA) is 104 Å². The Morgan fingerprint density at radius 3 is 1.70 bits per heavy atom. The number of ether oxygens (including phenoxy) is 1. The predicted molar refractivity (Wildman–Crippen MR) is 89.9 cm³/mol. The van der Waals surface area contributed by atoms with E-state index in [0.717, 1.165) is 0 Å². The Bertz CT molecular complexity index is 689. The first kappa shape index (κ1) is 19.0. The van der Waals surface area contributed by atoms with E-state index in [9.17, 15) is 9.59 Å². The van der Waals surface area contributed by atoms with Gasteiger partial charge in [-0.15, -0.1) is 0 Å². The lowest BCUT2D eigenvalue weighted by Gasteiger charge is -2.00. The lowest BCUT2D eigenvalue weighted by atomic mass is 10.2. The van der Waals surface area contributed by atoms with Crippen LogP contribution in [0.1, 0.15) is 20.7 Å². The smallest absolute Gasteiger partial charge is 0.338 e. The molecule has 0 aliphatic carbocycles. The Morgan fingerprint density at radius 2 is 1.30 bits per heavy atom. The third-order valence-electron chi connectivity index (χ3n) is 2.43. The van der Waals surface area contributed by atoms with Crippen molar-refractivity contribution in [3.05, 3.63) is 56.5 Å². The quantitative estimate of drug-likeness (QED) is 0.605. The predicted octanol–water partition coefficient (Wildman–Crippen LogP) is 3.79. The molecule has 0 radical (unpaired) electrons. The fourth-order valence-corrected chi connectivity index (χ4v) is 2.47. The molecule has 0 aliphatic rings. The van der Waals surface area contributed by atoms with Gasteiger partial charge in [-0.05, 0) is 36.4 Å². The molecule has 0 atom stereocenters. The highest BCUT2D eigenvalue weighted by Gasteiger charge is 2.07. The van der Waals surface area contributed by atoms with E-state index in [0.29, 0.717) is 14.5 Å². The second kappa shape index (κ2) is 8.54. The number of phenols is 2. The highest BCUT2D eigenvalue weighted by Crippen LogP contribution is 2.21. The number of aromatic carboxylic acids is 1. The summed E-state index contributed by atoms with van der Waals surface area (Å²) in [5, 5.41) is 26.6. The molecule has 0 fully saturated rings. The van der Waals surface area contributed by atoms with Gasteiger partial charge in [0.25, 0.3) is 0 Å². The molecule has 2 aromatic rings. The van der Waals surface area contributed by atoms with Gasteiger partial charge in [0.05, 0.1) is 18.2 Å². The highest BCUT2D eigenvalue weighted by atomic mass is 79.9. The molecule has 0 saturated carbocycles. The number of carboxylic acids is 1. The maximum atomic E-state index is 11.0. The van der Waals surface area contributed by atoms with E-state index >= 15 is 0 Å². The van der Waals surface area contributed by atoms with Crippen LogP contribution in [0.3, 0.4) is 0 Å². The second-order valence-electron chi connectivity index (χ2n) is 4.19. The Labute approximate surface area is 148 Å². The third kappa shape index (κ3) is 6.29. The zero-order chi connectivity index (χ0) is 17.6. The molecule has 0 spiro atoms. The van der Waals surface area contributed by atoms with Gasteiger partial charge in [-0.3, -0.25) is 0 Å². The normalized spacial score (nSPS) is 9.52. The number of methoxy groups -OCH3 is 1. The van der Waals surface area contributed by atoms with Crippen LogP contribution in [-0.2, 0) is 4.74 Å². The molecule has 0 aromatic heterocycles. The van der Waals surface area contributed by atoms with Crippen molar-refractivity contribution in [1.82, 2.24) is 0 Å². The van der Waals surface area contributed by atoms with Crippen molar-refractivity contribution >= 4 is 43.8 Å². The van der Waals surface area contributed by atoms with E-state index < -0.39 is 11.9 Å². The molecule has 0 amide bonds. The third-order valence-corrected chi connectivity index (χ3v) is 3.35. The van der Waals surface area contributed by atoms with Crippen molar-refractivity contribution in [2.24, 2.45) is 0 Å². The molecule has 2 rings (SSSR count). The first-order valence-electron chi connectivity index (χ1n) is 6.03. The largest absolute Gasteiger partial charge is 0.508 e. The molecule has 6 nitrogen and oxygen atoms in total. The van der Waals surface area contributed by atoms with Crippen LogP contribution in [0.2, 0.25) is 0 Å². The number of hydrogen-bond donors (Lipinski definition) is 3. The number of rotatable bonds is 2. The maximum Gasteiger partial charge on any atom is 0.338 e. The number of benzene rings is 2. The number of carbonyl (C=O) groups excluding carboxylic acids is 1. The second-order valence-corrected chi connectivity index (χ2v) is 6.02. The van der Waals surface area contributed by atoms with Crippen molar-refractivity contribution in [2.75, 3.05) is 7.11 Å². The summed E-state index contributed by atoms with van der Waals surface area (Å²) in [7, 11) is 1.29. The van der Waals surface area contributed by atoms with E-state index in [-0.39, 0.29) is 17.1 Å². The van der Waals surface area contributed by atoms with Gasteiger partial charge >= 0.3 is 11.9 Å². The zero-order valence-corrected chi connectivity index (χ0v) is 15.0. The number of aromatic hydroxyl groups is 2. The average Bonchev–Trinajstić information content (AvgIpc) is 2.45. The van der Waals surface area contributed by atoms with Gasteiger partial charge in [0, 0.05) is 8.95 Å². The summed E-state index contributed by atoms with van der Waals surface area (Å²) in [6, 6.07) is 8.44. The summed E-state index contributed by atoms with van der Waals surface area (Å²) in [6.45, 7) is 0. The Hall–Kier alpha value is -2.06. The van der Waals surface area contributed by atoms with Crippen molar-refractivity contribution in [3.8, 4) is 11.5 Å². The van der Waals surface area contributed by atoms with Gasteiger partial charge < -0.3 is 20.1 Å². The SMILES string of the molecule is COC(=O)c1cc(O)cc(Br)c1.O=C(O)c1cc(O)cc(Br)c1. The van der Waals surface area contributed by atoms with Crippen molar-refractivity contribution in [3.63, 3.8) is 0 Å². The number of halogens is 2. The number of phenolic OH excluding ortho intramolecular Hbond substituents is 2. The summed E-state index contributed by atoms with van der Waals surface area (Å²) in [5.74, 6) is -1.55. The van der Waals surface area contributed by atoms with Crippen molar-refractivity contribution in [2.45, 2.75) is 0 Å². The van der Waals surface area contributed by atoms with Gasteiger partial charge in [-0.2, -0.15) is 0 Å². The molecule has 8 heteroatoms. The van der Waals surface area contributed by atoms with Gasteiger partial charge in [0.2, 0.25) is 0 Å². The minimum Gasteiger partial charge on any atom is -0.508 e. The molecule has 122 valence electrons. The number of carboxylic acid groups (broad SMARTS) is 1. The standard InChI is InChI=1S/C8H7BrO3.C7H5BrO3/c1-12-8(11)5-2-6(9)4-7(10)3-5;8-5-1-4(7(10)11)2-6(9)3-5/h2-4,10H,1H3;1-3,9H,(H,10,11). The maximum absolute atomic E-state index is 11.0. The molecule has 0 heterocycles. The monoisotopic (exact) mass is 446 g/mol. The molecular weight excluding hydrogens is 436 g/mol. The highest BCUT2D eigenvalue weighted by molar-refractivity contribution is 9.10. The summed E-state index contributed by atoms with van der Waals surface area (Å²) in [4.78, 5) is 21.3. The zero-order valence-electron chi connectivity index (χ0n) is 11.8.